The van der Waals surface area contributed by atoms with E-state index in [1.54, 1.807) is 0 Å². The molecule has 3 aliphatic rings. The molecular formula is C19H29NO4. The highest BCUT2D eigenvalue weighted by Gasteiger charge is 2.79. The van der Waals surface area contributed by atoms with E-state index in [-0.39, 0.29) is 17.7 Å². The van der Waals surface area contributed by atoms with Gasteiger partial charge in [0, 0.05) is 5.92 Å². The van der Waals surface area contributed by atoms with Gasteiger partial charge < -0.3 is 15.2 Å². The highest BCUT2D eigenvalue weighted by molar-refractivity contribution is 6.01. The van der Waals surface area contributed by atoms with E-state index in [1.165, 1.54) is 0 Å². The number of esters is 1. The van der Waals surface area contributed by atoms with Crippen LogP contribution < -0.4 is 5.32 Å². The van der Waals surface area contributed by atoms with E-state index in [9.17, 15) is 14.7 Å². The first-order valence-corrected chi connectivity index (χ1v) is 9.37. The Hall–Kier alpha value is -1.36. The average molecular weight is 335 g/mol. The molecule has 5 atom stereocenters. The van der Waals surface area contributed by atoms with Gasteiger partial charge in [-0.15, -0.1) is 0 Å². The van der Waals surface area contributed by atoms with Crippen LogP contribution in [0.1, 0.15) is 65.2 Å². The van der Waals surface area contributed by atoms with Crippen molar-refractivity contribution in [2.75, 3.05) is 0 Å². The normalized spacial score (nSPS) is 39.0. The summed E-state index contributed by atoms with van der Waals surface area (Å²) in [6.07, 6.45) is 10.9. The summed E-state index contributed by atoms with van der Waals surface area (Å²) in [5.41, 5.74) is -2.20. The van der Waals surface area contributed by atoms with Gasteiger partial charge in [-0.1, -0.05) is 44.8 Å². The number of carbonyl (C=O) groups excluding carboxylic acids is 2. The summed E-state index contributed by atoms with van der Waals surface area (Å²) in [5, 5.41) is 13.8. The van der Waals surface area contributed by atoms with Crippen molar-refractivity contribution in [3.8, 4) is 0 Å². The SMILES string of the molecule is CCCCCC[C@H]1C(=O)N[C@@]2([C@@H](O)C3C=CCCC3)C(=O)O[C@@]12C. The lowest BCUT2D eigenvalue weighted by Gasteiger charge is -2.54. The van der Waals surface area contributed by atoms with Gasteiger partial charge in [0.25, 0.3) is 0 Å². The smallest absolute Gasteiger partial charge is 0.339 e. The minimum Gasteiger partial charge on any atom is -0.453 e. The Morgan fingerprint density at radius 2 is 2.17 bits per heavy atom. The number of hydrogen-bond acceptors (Lipinski definition) is 4. The number of amides is 1. The zero-order valence-electron chi connectivity index (χ0n) is 14.7. The van der Waals surface area contributed by atoms with Crippen LogP contribution in [0.25, 0.3) is 0 Å². The van der Waals surface area contributed by atoms with E-state index in [2.05, 4.69) is 12.2 Å². The molecule has 2 N–H and O–H groups in total. The Labute approximate surface area is 143 Å². The topological polar surface area (TPSA) is 75.6 Å². The molecule has 0 aromatic rings. The summed E-state index contributed by atoms with van der Waals surface area (Å²) >= 11 is 0. The molecule has 24 heavy (non-hydrogen) atoms. The highest BCUT2D eigenvalue weighted by atomic mass is 16.6. The van der Waals surface area contributed by atoms with Crippen molar-refractivity contribution in [3.05, 3.63) is 12.2 Å². The number of aliphatic hydroxyl groups excluding tert-OH is 1. The van der Waals surface area contributed by atoms with Gasteiger partial charge in [0.1, 0.15) is 0 Å². The first-order valence-electron chi connectivity index (χ1n) is 9.37. The van der Waals surface area contributed by atoms with Crippen LogP contribution in [0, 0.1) is 11.8 Å². The number of fused-ring (bicyclic) bond motifs is 1. The van der Waals surface area contributed by atoms with Crippen molar-refractivity contribution < 1.29 is 19.4 Å². The first-order chi connectivity index (χ1) is 11.5. The third-order valence-electron chi connectivity index (χ3n) is 6.20. The van der Waals surface area contributed by atoms with Crippen molar-refractivity contribution in [2.45, 2.75) is 82.5 Å². The quantitative estimate of drug-likeness (QED) is 0.426. The Bertz CT molecular complexity index is 545. The van der Waals surface area contributed by atoms with Crippen molar-refractivity contribution >= 4 is 11.9 Å². The Morgan fingerprint density at radius 3 is 2.79 bits per heavy atom. The molecule has 0 bridgehead atoms. The highest BCUT2D eigenvalue weighted by Crippen LogP contribution is 2.53. The molecule has 0 spiro atoms. The fraction of sp³-hybridized carbons (Fsp3) is 0.789. The van der Waals surface area contributed by atoms with Gasteiger partial charge in [-0.05, 0) is 32.6 Å². The second-order valence-electron chi connectivity index (χ2n) is 7.66. The predicted octanol–water partition coefficient (Wildman–Crippen LogP) is 2.47. The van der Waals surface area contributed by atoms with Crippen LogP contribution in [0.3, 0.4) is 0 Å². The first kappa shape index (κ1) is 17.5. The molecule has 2 saturated heterocycles. The van der Waals surface area contributed by atoms with Crippen LogP contribution >= 0.6 is 0 Å². The molecule has 2 heterocycles. The van der Waals surface area contributed by atoms with Crippen LogP contribution in [0.5, 0.6) is 0 Å². The summed E-state index contributed by atoms with van der Waals surface area (Å²) < 4.78 is 5.50. The zero-order valence-corrected chi connectivity index (χ0v) is 14.7. The molecule has 0 saturated carbocycles. The van der Waals surface area contributed by atoms with E-state index < -0.39 is 23.2 Å². The van der Waals surface area contributed by atoms with Crippen molar-refractivity contribution in [1.82, 2.24) is 5.32 Å². The van der Waals surface area contributed by atoms with E-state index in [4.69, 9.17) is 4.74 Å². The maximum absolute atomic E-state index is 12.6. The second-order valence-corrected chi connectivity index (χ2v) is 7.66. The molecule has 134 valence electrons. The van der Waals surface area contributed by atoms with Crippen LogP contribution in [0.15, 0.2) is 12.2 Å². The Morgan fingerprint density at radius 1 is 1.38 bits per heavy atom. The third kappa shape index (κ3) is 2.40. The lowest BCUT2D eigenvalue weighted by Crippen LogP contribution is -2.80. The Balaban J connectivity index is 1.79. The number of ether oxygens (including phenoxy) is 1. The molecule has 5 nitrogen and oxygen atoms in total. The molecule has 3 rings (SSSR count). The van der Waals surface area contributed by atoms with E-state index in [0.29, 0.717) is 6.42 Å². The molecule has 1 unspecified atom stereocenters. The van der Waals surface area contributed by atoms with Crippen molar-refractivity contribution in [2.24, 2.45) is 11.8 Å². The van der Waals surface area contributed by atoms with Crippen LogP contribution in [-0.4, -0.2) is 34.2 Å². The fourth-order valence-electron chi connectivity index (χ4n) is 4.66. The standard InChI is InChI=1S/C19H29NO4/c1-3-4-5-9-12-14-16(22)20-19(17(23)24-18(14,19)2)15(21)13-10-7-6-8-11-13/h7,10,13-15,21H,3-6,8-9,11-12H2,1-2H3,(H,20,22)/t13?,14-,15-,18-,19-/m0/s1. The number of nitrogens with one attached hydrogen (secondary N) is 1. The van der Waals surface area contributed by atoms with E-state index >= 15 is 0 Å². The molecule has 2 fully saturated rings. The maximum atomic E-state index is 12.6. The number of unbranched alkanes of at least 4 members (excludes halogenated alkanes) is 3. The summed E-state index contributed by atoms with van der Waals surface area (Å²) in [7, 11) is 0. The molecule has 0 aromatic carbocycles. The monoisotopic (exact) mass is 335 g/mol. The van der Waals surface area contributed by atoms with Crippen LogP contribution in [-0.2, 0) is 14.3 Å². The van der Waals surface area contributed by atoms with Gasteiger partial charge in [0.2, 0.25) is 11.4 Å². The lowest BCUT2D eigenvalue weighted by atomic mass is 9.64. The van der Waals surface area contributed by atoms with Gasteiger partial charge >= 0.3 is 5.97 Å². The molecule has 1 aliphatic carbocycles. The van der Waals surface area contributed by atoms with Gasteiger partial charge in [-0.2, -0.15) is 0 Å². The minimum absolute atomic E-state index is 0.106. The number of aliphatic hydroxyl groups is 1. The van der Waals surface area contributed by atoms with Gasteiger partial charge in [-0.3, -0.25) is 4.79 Å². The zero-order chi connectivity index (χ0) is 17.4. The van der Waals surface area contributed by atoms with Gasteiger partial charge in [0.15, 0.2) is 5.60 Å². The molecule has 0 radical (unpaired) electrons. The van der Waals surface area contributed by atoms with Crippen LogP contribution in [0.2, 0.25) is 0 Å². The third-order valence-corrected chi connectivity index (χ3v) is 6.20. The Kier molecular flexibility index (Phi) is 4.73. The summed E-state index contributed by atoms with van der Waals surface area (Å²) in [6, 6.07) is 0. The molecule has 0 aromatic heterocycles. The fourth-order valence-corrected chi connectivity index (χ4v) is 4.66. The minimum atomic E-state index is -1.27. The van der Waals surface area contributed by atoms with Crippen LogP contribution in [0.4, 0.5) is 0 Å². The van der Waals surface area contributed by atoms with Gasteiger partial charge in [0.05, 0.1) is 12.0 Å². The number of hydrogen-bond donors (Lipinski definition) is 2. The second kappa shape index (κ2) is 6.51. The summed E-state index contributed by atoms with van der Waals surface area (Å²) in [5.74, 6) is -1.11. The maximum Gasteiger partial charge on any atom is 0.339 e. The van der Waals surface area contributed by atoms with Gasteiger partial charge in [-0.25, -0.2) is 4.79 Å². The van der Waals surface area contributed by atoms with E-state index in [1.807, 2.05) is 19.1 Å². The number of rotatable bonds is 7. The summed E-state index contributed by atoms with van der Waals surface area (Å²) in [4.78, 5) is 24.9. The van der Waals surface area contributed by atoms with Crippen molar-refractivity contribution in [3.63, 3.8) is 0 Å². The molecular weight excluding hydrogens is 306 g/mol. The number of allylic oxidation sites excluding steroid dienone is 1. The average Bonchev–Trinajstić information content (AvgIpc) is 2.76. The van der Waals surface area contributed by atoms with Crippen molar-refractivity contribution in [1.29, 1.82) is 0 Å². The molecule has 2 aliphatic heterocycles. The largest absolute Gasteiger partial charge is 0.453 e. The lowest BCUT2D eigenvalue weighted by molar-refractivity contribution is -0.238. The number of carbonyl (C=O) groups is 2. The van der Waals surface area contributed by atoms with E-state index in [0.717, 1.165) is 44.9 Å². The summed E-state index contributed by atoms with van der Waals surface area (Å²) in [6.45, 7) is 3.96. The predicted molar refractivity (Wildman–Crippen MR) is 90.1 cm³/mol. The molecule has 1 amide bonds. The molecule has 5 heteroatoms.